The number of Topliss-reactive ketones (excluding diaryl/α,β-unsaturated/α-hetero) is 2. The second kappa shape index (κ2) is 27.4. The molecule has 19 nitrogen and oxygen atoms in total. The highest BCUT2D eigenvalue weighted by Crippen LogP contribution is 2.46. The van der Waals surface area contributed by atoms with E-state index in [0.29, 0.717) is 85.6 Å². The Morgan fingerprint density at radius 3 is 2.23 bits per heavy atom. The fourth-order valence-corrected chi connectivity index (χ4v) is 11.8. The number of carbonyl (C=O) groups excluding carboxylic acids is 9. The highest BCUT2D eigenvalue weighted by atomic mass is 35.5. The van der Waals surface area contributed by atoms with Crippen molar-refractivity contribution in [3.63, 3.8) is 0 Å². The molecular weight excluding hydrogens is 1070 g/mol. The van der Waals surface area contributed by atoms with Gasteiger partial charge in [0.15, 0.2) is 11.6 Å². The molecule has 0 bridgehead atoms. The molecular formula is C60H72ClN9O10S. The maximum Gasteiger partial charge on any atom is 0.415 e. The van der Waals surface area contributed by atoms with Crippen molar-refractivity contribution in [1.29, 1.82) is 0 Å². The number of H-pyrrole nitrogens is 1. The minimum atomic E-state index is -0.875. The molecule has 81 heavy (non-hydrogen) atoms. The maximum absolute atomic E-state index is 14.5. The van der Waals surface area contributed by atoms with Crippen molar-refractivity contribution in [2.75, 3.05) is 76.4 Å². The van der Waals surface area contributed by atoms with Crippen LogP contribution in [0.25, 0.3) is 21.7 Å². The molecule has 0 radical (unpaired) electrons. The summed E-state index contributed by atoms with van der Waals surface area (Å²) < 4.78 is 6.07. The third kappa shape index (κ3) is 14.8. The van der Waals surface area contributed by atoms with Gasteiger partial charge in [-0.15, -0.1) is 11.6 Å². The van der Waals surface area contributed by atoms with E-state index >= 15 is 0 Å². The lowest BCUT2D eigenvalue weighted by molar-refractivity contribution is -0.138. The van der Waals surface area contributed by atoms with Crippen molar-refractivity contribution in [2.24, 2.45) is 17.6 Å². The lowest BCUT2D eigenvalue weighted by Gasteiger charge is -2.31. The number of ether oxygens (including phenoxy) is 1. The maximum atomic E-state index is 14.5. The van der Waals surface area contributed by atoms with Gasteiger partial charge >= 0.3 is 12.1 Å². The van der Waals surface area contributed by atoms with E-state index in [1.165, 1.54) is 16.7 Å². The molecule has 0 spiro atoms. The number of urea groups is 1. The number of carbonyl (C=O) groups is 9. The molecule has 2 saturated heterocycles. The number of likely N-dealkylation sites (N-methyl/N-ethyl adjacent to an activating group) is 1. The number of primary amides is 1. The third-order valence-electron chi connectivity index (χ3n) is 15.6. The first-order valence-corrected chi connectivity index (χ1v) is 29.6. The summed E-state index contributed by atoms with van der Waals surface area (Å²) in [7, 11) is 2.02. The molecule has 4 heterocycles. The second-order valence-corrected chi connectivity index (χ2v) is 22.9. The minimum Gasteiger partial charge on any atom is -0.409 e. The van der Waals surface area contributed by atoms with Crippen LogP contribution in [0.1, 0.15) is 102 Å². The molecule has 1 unspecified atom stereocenters. The van der Waals surface area contributed by atoms with E-state index in [1.54, 1.807) is 52.5 Å². The number of amides is 8. The number of aromatic amines is 1. The molecule has 8 amide bonds. The van der Waals surface area contributed by atoms with Gasteiger partial charge in [-0.1, -0.05) is 68.4 Å². The number of halogens is 1. The van der Waals surface area contributed by atoms with Crippen LogP contribution in [0.2, 0.25) is 0 Å². The van der Waals surface area contributed by atoms with E-state index in [-0.39, 0.29) is 109 Å². The average molecular weight is 1150 g/mol. The van der Waals surface area contributed by atoms with Crippen LogP contribution in [-0.2, 0) is 36.8 Å². The van der Waals surface area contributed by atoms with E-state index in [0.717, 1.165) is 40.4 Å². The van der Waals surface area contributed by atoms with Crippen LogP contribution in [0.3, 0.4) is 0 Å². The fraction of sp³-hybridized carbons (Fsp3) is 0.450. The molecule has 430 valence electrons. The highest BCUT2D eigenvalue weighted by molar-refractivity contribution is 8.00. The number of likely N-dealkylation sites (tertiary alicyclic amines) is 1. The smallest absolute Gasteiger partial charge is 0.409 e. The number of piperazine rings is 1. The quantitative estimate of drug-likeness (QED) is 0.0172. The van der Waals surface area contributed by atoms with Gasteiger partial charge in [0.05, 0.1) is 17.0 Å². The van der Waals surface area contributed by atoms with Gasteiger partial charge in [0.1, 0.15) is 11.4 Å². The van der Waals surface area contributed by atoms with Crippen LogP contribution >= 0.6 is 23.4 Å². The fourth-order valence-electron chi connectivity index (χ4n) is 10.9. The summed E-state index contributed by atoms with van der Waals surface area (Å²) in [4.78, 5) is 128. The molecule has 6 N–H and O–H groups in total. The molecule has 8 rings (SSSR count). The summed E-state index contributed by atoms with van der Waals surface area (Å²) in [5.74, 6) is -1.70. The van der Waals surface area contributed by atoms with Crippen molar-refractivity contribution < 1.29 is 47.9 Å². The van der Waals surface area contributed by atoms with Crippen LogP contribution in [0.15, 0.2) is 78.9 Å². The van der Waals surface area contributed by atoms with Crippen molar-refractivity contribution in [3.8, 4) is 5.75 Å². The second-order valence-electron chi connectivity index (χ2n) is 21.6. The number of nitrogens with zero attached hydrogens (tertiary/aromatic N) is 4. The van der Waals surface area contributed by atoms with Gasteiger partial charge in [-0.25, -0.2) is 9.59 Å². The number of ketones is 2. The van der Waals surface area contributed by atoms with Crippen LogP contribution in [0.4, 0.5) is 15.3 Å². The molecule has 3 aliphatic heterocycles. The van der Waals surface area contributed by atoms with Gasteiger partial charge in [-0.2, -0.15) is 11.8 Å². The predicted molar refractivity (Wildman–Crippen MR) is 313 cm³/mol. The van der Waals surface area contributed by atoms with Gasteiger partial charge in [-0.3, -0.25) is 38.5 Å². The number of fused-ring (bicyclic) bond motifs is 4. The summed E-state index contributed by atoms with van der Waals surface area (Å²) in [6.45, 7) is 7.47. The van der Waals surface area contributed by atoms with Crippen LogP contribution in [-0.4, -0.2) is 156 Å². The lowest BCUT2D eigenvalue weighted by Crippen LogP contribution is -2.48. The number of thioether (sulfide) groups is 1. The third-order valence-corrected chi connectivity index (χ3v) is 16.9. The van der Waals surface area contributed by atoms with E-state index in [9.17, 15) is 43.2 Å². The summed E-state index contributed by atoms with van der Waals surface area (Å²) >= 11 is 7.92. The zero-order valence-electron chi connectivity index (χ0n) is 46.4. The van der Waals surface area contributed by atoms with E-state index in [4.69, 9.17) is 22.1 Å². The van der Waals surface area contributed by atoms with Crippen molar-refractivity contribution in [2.45, 2.75) is 88.8 Å². The molecule has 1 aromatic heterocycles. The lowest BCUT2D eigenvalue weighted by atomic mass is 9.89. The highest BCUT2D eigenvalue weighted by Gasteiger charge is 2.39. The van der Waals surface area contributed by atoms with Gasteiger partial charge in [0.2, 0.25) is 23.6 Å². The Morgan fingerprint density at radius 2 is 1.54 bits per heavy atom. The number of nitrogens with one attached hydrogen (secondary N) is 4. The zero-order valence-corrected chi connectivity index (χ0v) is 47.9. The molecule has 4 atom stereocenters. The van der Waals surface area contributed by atoms with Crippen molar-refractivity contribution in [3.05, 3.63) is 107 Å². The predicted octanol–water partition coefficient (Wildman–Crippen LogP) is 6.96. The molecule has 0 saturated carbocycles. The van der Waals surface area contributed by atoms with E-state index < -0.39 is 24.1 Å². The van der Waals surface area contributed by atoms with Crippen LogP contribution < -0.4 is 31.3 Å². The van der Waals surface area contributed by atoms with Crippen molar-refractivity contribution in [1.82, 2.24) is 35.6 Å². The molecule has 21 heteroatoms. The number of aromatic nitrogens is 1. The first-order chi connectivity index (χ1) is 38.9. The Bertz CT molecular complexity index is 3180. The first kappa shape index (κ1) is 59.8. The number of imide groups is 1. The van der Waals surface area contributed by atoms with Crippen molar-refractivity contribution >= 4 is 104 Å². The summed E-state index contributed by atoms with van der Waals surface area (Å²) in [6.07, 6.45) is 3.63. The number of alkyl halides is 1. The number of hydrogen-bond acceptors (Lipinski definition) is 12. The Morgan fingerprint density at radius 1 is 0.840 bits per heavy atom. The van der Waals surface area contributed by atoms with Gasteiger partial charge in [0.25, 0.3) is 5.91 Å². The average Bonchev–Trinajstić information content (AvgIpc) is 4.29. The number of hydrogen-bond donors (Lipinski definition) is 5. The molecule has 5 aromatic rings. The Balaban J connectivity index is 0.862. The summed E-state index contributed by atoms with van der Waals surface area (Å²) in [5, 5.41) is 10.4. The minimum absolute atomic E-state index is 0.0256. The van der Waals surface area contributed by atoms with Gasteiger partial charge in [0, 0.05) is 124 Å². The topological polar surface area (TPSA) is 254 Å². The monoisotopic (exact) mass is 1150 g/mol. The molecule has 3 aliphatic rings. The summed E-state index contributed by atoms with van der Waals surface area (Å²) in [5.41, 5.74) is 9.69. The SMILES string of the molecule is CSC1CC(=O)N(CCCC(=O)NCCC[C@H](C(=O)N[C@@H](CCCNC(N)=O)C(=O)Cc2ccc(C(=O)Cc3ccc4[nH]c(C(=O)N5C[C@@H](CCl)c6c5cc(OC(=O)N5CCN(C)CC5)c5ccccc65)cc4c3)cc2)C(C)C)C1=O. The van der Waals surface area contributed by atoms with Gasteiger partial charge < -0.3 is 46.1 Å². The number of nitrogens with two attached hydrogens (primary N) is 1. The number of benzene rings is 4. The Hall–Kier alpha value is -7.29. The Labute approximate surface area is 480 Å². The van der Waals surface area contributed by atoms with Crippen LogP contribution in [0.5, 0.6) is 5.75 Å². The number of anilines is 1. The summed E-state index contributed by atoms with van der Waals surface area (Å²) in [6, 6.07) is 22.0. The zero-order chi connectivity index (χ0) is 57.9. The largest absolute Gasteiger partial charge is 0.415 e. The number of rotatable bonds is 25. The molecule has 2 fully saturated rings. The standard InChI is InChI=1S/C60H72ClN9O10S/c1-36(2)42(12-7-21-63-53(73)14-9-23-69-54(74)33-52(81-4)58(69)77)56(75)66-46(13-8-22-64-59(62)78)50(72)29-37-15-18-39(19-16-37)49(71)30-38-17-20-45-40(28-38)31-47(65-45)57(76)70-35-41(34-61)55-44-11-6-5-10-43(44)51(32-48(55)70)80-60(79)68-26-24-67(3)25-27-68/h5-6,10-11,15-20,28,31-32,36,41-42,46,52,65H,7-9,12-14,21-27,29-30,33-35H2,1-4H3,(H,63,73)(H,66,75)(H3,62,64,78)/t41-,42+,46+,52?/m1/s1. The first-order valence-electron chi connectivity index (χ1n) is 27.8. The Kier molecular flexibility index (Phi) is 20.3. The molecule has 0 aliphatic carbocycles. The normalized spacial score (nSPS) is 17.1. The van der Waals surface area contributed by atoms with Gasteiger partial charge in [-0.05, 0) is 91.6 Å². The van der Waals surface area contributed by atoms with E-state index in [1.807, 2.05) is 63.4 Å². The van der Waals surface area contributed by atoms with E-state index in [2.05, 4.69) is 25.8 Å². The van der Waals surface area contributed by atoms with Crippen LogP contribution in [0, 0.1) is 11.8 Å². The molecule has 4 aromatic carbocycles.